The summed E-state index contributed by atoms with van der Waals surface area (Å²) in [6, 6.07) is 6.19. The van der Waals surface area contributed by atoms with Crippen molar-refractivity contribution in [3.05, 3.63) is 35.7 Å². The summed E-state index contributed by atoms with van der Waals surface area (Å²) < 4.78 is 1.89. The third-order valence-electron chi connectivity index (χ3n) is 3.49. The van der Waals surface area contributed by atoms with Crippen LogP contribution in [0.3, 0.4) is 0 Å². The van der Waals surface area contributed by atoms with Crippen LogP contribution in [0.15, 0.2) is 24.4 Å². The van der Waals surface area contributed by atoms with Crippen LogP contribution < -0.4 is 5.32 Å². The van der Waals surface area contributed by atoms with Crippen LogP contribution in [-0.2, 0) is 0 Å². The average Bonchev–Trinajstić information content (AvgIpc) is 2.98. The lowest BCUT2D eigenvalue weighted by molar-refractivity contribution is 0.194. The highest BCUT2D eigenvalue weighted by atomic mass is 16.4. The van der Waals surface area contributed by atoms with Crippen molar-refractivity contribution in [2.75, 3.05) is 6.54 Å². The van der Waals surface area contributed by atoms with Gasteiger partial charge in [0.1, 0.15) is 0 Å². The Labute approximate surface area is 104 Å². The van der Waals surface area contributed by atoms with Gasteiger partial charge in [0, 0.05) is 12.7 Å². The fourth-order valence-electron chi connectivity index (χ4n) is 2.55. The summed E-state index contributed by atoms with van der Waals surface area (Å²) >= 11 is 0. The lowest BCUT2D eigenvalue weighted by Gasteiger charge is -2.03. The van der Waals surface area contributed by atoms with Crippen LogP contribution in [0.5, 0.6) is 0 Å². The molecule has 18 heavy (non-hydrogen) atoms. The lowest BCUT2D eigenvalue weighted by Crippen LogP contribution is -2.23. The van der Waals surface area contributed by atoms with Gasteiger partial charge in [-0.15, -0.1) is 0 Å². The van der Waals surface area contributed by atoms with Gasteiger partial charge >= 0.3 is 6.09 Å². The molecule has 3 rings (SSSR count). The third kappa shape index (κ3) is 1.92. The molecule has 2 heterocycles. The molecule has 2 atom stereocenters. The zero-order valence-corrected chi connectivity index (χ0v) is 10.1. The largest absolute Gasteiger partial charge is 0.465 e. The van der Waals surface area contributed by atoms with Gasteiger partial charge in [-0.2, -0.15) is 5.10 Å². The standard InChI is InChI=1S/C13H15N3O2/c1-8-5-12-10(3-2-4-16(12)15-8)11-6-9(11)7-14-13(17)18/h2-5,9,11,14H,6-7H2,1H3,(H,17,18)/t9-,11+/m1/s1. The van der Waals surface area contributed by atoms with Gasteiger partial charge in [0.15, 0.2) is 0 Å². The monoisotopic (exact) mass is 245 g/mol. The predicted octanol–water partition coefficient (Wildman–Crippen LogP) is 2.01. The van der Waals surface area contributed by atoms with E-state index < -0.39 is 6.09 Å². The quantitative estimate of drug-likeness (QED) is 0.869. The highest BCUT2D eigenvalue weighted by Gasteiger charge is 2.39. The Balaban J connectivity index is 1.81. The number of carbonyl (C=O) groups is 1. The summed E-state index contributed by atoms with van der Waals surface area (Å²) in [5, 5.41) is 15.4. The Morgan fingerprint density at radius 2 is 2.50 bits per heavy atom. The number of aromatic nitrogens is 2. The molecule has 1 saturated carbocycles. The molecule has 1 amide bonds. The summed E-state index contributed by atoms with van der Waals surface area (Å²) in [6.07, 6.45) is 2.04. The molecule has 5 nitrogen and oxygen atoms in total. The van der Waals surface area contributed by atoms with Crippen molar-refractivity contribution in [3.63, 3.8) is 0 Å². The molecule has 0 unspecified atom stereocenters. The second kappa shape index (κ2) is 4.01. The Hall–Kier alpha value is -2.04. The Morgan fingerprint density at radius 3 is 3.28 bits per heavy atom. The van der Waals surface area contributed by atoms with E-state index in [1.54, 1.807) is 0 Å². The van der Waals surface area contributed by atoms with Crippen molar-refractivity contribution in [2.45, 2.75) is 19.3 Å². The van der Waals surface area contributed by atoms with Crippen molar-refractivity contribution in [2.24, 2.45) is 5.92 Å². The van der Waals surface area contributed by atoms with Crippen molar-refractivity contribution in [3.8, 4) is 0 Å². The predicted molar refractivity (Wildman–Crippen MR) is 66.8 cm³/mol. The normalized spacial score (nSPS) is 22.1. The highest BCUT2D eigenvalue weighted by Crippen LogP contribution is 2.48. The average molecular weight is 245 g/mol. The summed E-state index contributed by atoms with van der Waals surface area (Å²) in [4.78, 5) is 10.5. The van der Waals surface area contributed by atoms with E-state index in [9.17, 15) is 4.79 Å². The van der Waals surface area contributed by atoms with Crippen molar-refractivity contribution in [1.29, 1.82) is 0 Å². The van der Waals surface area contributed by atoms with Gasteiger partial charge in [0.05, 0.1) is 11.2 Å². The van der Waals surface area contributed by atoms with Crippen LogP contribution in [0, 0.1) is 12.8 Å². The van der Waals surface area contributed by atoms with E-state index in [0.717, 1.165) is 17.6 Å². The second-order valence-electron chi connectivity index (χ2n) is 4.87. The minimum atomic E-state index is -0.945. The molecule has 0 bridgehead atoms. The van der Waals surface area contributed by atoms with Crippen LogP contribution in [0.25, 0.3) is 5.52 Å². The number of fused-ring (bicyclic) bond motifs is 1. The maximum atomic E-state index is 10.5. The minimum absolute atomic E-state index is 0.419. The number of hydrogen-bond acceptors (Lipinski definition) is 2. The van der Waals surface area contributed by atoms with Crippen LogP contribution >= 0.6 is 0 Å². The lowest BCUT2D eigenvalue weighted by atomic mass is 10.1. The molecule has 0 radical (unpaired) electrons. The number of rotatable bonds is 3. The molecule has 0 aromatic carbocycles. The van der Waals surface area contributed by atoms with Crippen LogP contribution in [0.2, 0.25) is 0 Å². The van der Waals surface area contributed by atoms with Gasteiger partial charge in [-0.3, -0.25) is 0 Å². The highest BCUT2D eigenvalue weighted by molar-refractivity contribution is 5.64. The number of carboxylic acid groups (broad SMARTS) is 1. The first kappa shape index (κ1) is 11.1. The van der Waals surface area contributed by atoms with Crippen molar-refractivity contribution >= 4 is 11.6 Å². The molecular formula is C13H15N3O2. The smallest absolute Gasteiger partial charge is 0.404 e. The van der Waals surface area contributed by atoms with E-state index in [4.69, 9.17) is 5.11 Å². The fraction of sp³-hybridized carbons (Fsp3) is 0.385. The molecule has 0 saturated heterocycles. The van der Waals surface area contributed by atoms with Gasteiger partial charge < -0.3 is 10.4 Å². The van der Waals surface area contributed by atoms with Crippen molar-refractivity contribution < 1.29 is 9.90 Å². The van der Waals surface area contributed by atoms with Crippen molar-refractivity contribution in [1.82, 2.24) is 14.9 Å². The van der Waals surface area contributed by atoms with Gasteiger partial charge in [-0.25, -0.2) is 9.31 Å². The zero-order chi connectivity index (χ0) is 12.7. The van der Waals surface area contributed by atoms with Crippen LogP contribution in [-0.4, -0.2) is 27.4 Å². The van der Waals surface area contributed by atoms with Gasteiger partial charge in [-0.05, 0) is 42.9 Å². The number of nitrogens with one attached hydrogen (secondary N) is 1. The zero-order valence-electron chi connectivity index (χ0n) is 10.1. The third-order valence-corrected chi connectivity index (χ3v) is 3.49. The molecule has 5 heteroatoms. The first-order valence-electron chi connectivity index (χ1n) is 6.07. The summed E-state index contributed by atoms with van der Waals surface area (Å²) in [5.41, 5.74) is 3.41. The Kier molecular flexibility index (Phi) is 2.47. The van der Waals surface area contributed by atoms with E-state index in [0.29, 0.717) is 18.4 Å². The maximum absolute atomic E-state index is 10.5. The van der Waals surface area contributed by atoms with E-state index >= 15 is 0 Å². The Bertz CT molecular complexity index is 605. The molecule has 2 aromatic heterocycles. The molecule has 0 aliphatic heterocycles. The van der Waals surface area contributed by atoms with Gasteiger partial charge in [0.25, 0.3) is 0 Å². The van der Waals surface area contributed by atoms with Crippen LogP contribution in [0.4, 0.5) is 4.79 Å². The molecular weight excluding hydrogens is 230 g/mol. The van der Waals surface area contributed by atoms with Gasteiger partial charge in [0.2, 0.25) is 0 Å². The molecule has 2 N–H and O–H groups in total. The van der Waals surface area contributed by atoms with E-state index in [-0.39, 0.29) is 0 Å². The summed E-state index contributed by atoms with van der Waals surface area (Å²) in [5.74, 6) is 0.874. The first-order chi connectivity index (χ1) is 8.65. The van der Waals surface area contributed by atoms with E-state index in [1.807, 2.05) is 23.7 Å². The SMILES string of the molecule is Cc1cc2c([C@H]3C[C@@H]3CNC(=O)O)cccn2n1. The summed E-state index contributed by atoms with van der Waals surface area (Å²) in [7, 11) is 0. The molecule has 94 valence electrons. The molecule has 1 aliphatic rings. The first-order valence-corrected chi connectivity index (χ1v) is 6.07. The van der Waals surface area contributed by atoms with E-state index in [2.05, 4.69) is 22.5 Å². The van der Waals surface area contributed by atoms with Crippen LogP contribution in [0.1, 0.15) is 23.6 Å². The number of amides is 1. The number of hydrogen-bond donors (Lipinski definition) is 2. The molecule has 1 fully saturated rings. The minimum Gasteiger partial charge on any atom is -0.465 e. The number of aryl methyl sites for hydroxylation is 1. The maximum Gasteiger partial charge on any atom is 0.404 e. The number of pyridine rings is 1. The topological polar surface area (TPSA) is 66.6 Å². The molecule has 0 spiro atoms. The Morgan fingerprint density at radius 1 is 1.67 bits per heavy atom. The molecule has 2 aromatic rings. The summed E-state index contributed by atoms with van der Waals surface area (Å²) in [6.45, 7) is 2.52. The number of nitrogens with zero attached hydrogens (tertiary/aromatic N) is 2. The van der Waals surface area contributed by atoms with Gasteiger partial charge in [-0.1, -0.05) is 6.07 Å². The molecule has 1 aliphatic carbocycles. The van der Waals surface area contributed by atoms with E-state index in [1.165, 1.54) is 5.56 Å². The second-order valence-corrected chi connectivity index (χ2v) is 4.87. The fourth-order valence-corrected chi connectivity index (χ4v) is 2.55.